The molecule has 14 heavy (non-hydrogen) atoms. The van der Waals surface area contributed by atoms with E-state index in [0.717, 1.165) is 5.39 Å². The summed E-state index contributed by atoms with van der Waals surface area (Å²) in [5.41, 5.74) is 0.510. The van der Waals surface area contributed by atoms with Crippen LogP contribution in [-0.2, 0) is 5.41 Å². The summed E-state index contributed by atoms with van der Waals surface area (Å²) in [7, 11) is 0. The minimum Gasteiger partial charge on any atom is -0.433 e. The molecule has 0 saturated heterocycles. The third-order valence-corrected chi connectivity index (χ3v) is 1.98. The average Bonchev–Trinajstić information content (AvgIpc) is 2.47. The molecule has 0 aliphatic carbocycles. The van der Waals surface area contributed by atoms with Crippen LogP contribution in [0.25, 0.3) is 11.2 Å². The molecule has 0 saturated carbocycles. The molecule has 0 aliphatic heterocycles. The van der Waals surface area contributed by atoms with Crippen molar-refractivity contribution in [3.05, 3.63) is 28.6 Å². The maximum atomic E-state index is 11.1. The Hall–Kier alpha value is -1.58. The Kier molecular flexibility index (Phi) is 1.74. The van der Waals surface area contributed by atoms with Gasteiger partial charge in [-0.05, 0) is 6.07 Å². The van der Waals surface area contributed by atoms with Gasteiger partial charge in [-0.25, -0.2) is 4.79 Å². The average molecular weight is 193 g/mol. The van der Waals surface area contributed by atoms with Crippen molar-refractivity contribution in [2.75, 3.05) is 0 Å². The lowest BCUT2D eigenvalue weighted by Crippen LogP contribution is -2.19. The first-order chi connectivity index (χ1) is 6.48. The minimum atomic E-state index is -0.614. The van der Waals surface area contributed by atoms with E-state index in [0.29, 0.717) is 5.69 Å². The van der Waals surface area contributed by atoms with Crippen molar-refractivity contribution in [2.24, 2.45) is 0 Å². The van der Waals surface area contributed by atoms with Gasteiger partial charge in [0.1, 0.15) is 0 Å². The number of aromatic nitrogens is 1. The summed E-state index contributed by atoms with van der Waals surface area (Å²) in [5.74, 6) is -0.368. The lowest BCUT2D eigenvalue weighted by molar-refractivity contribution is 0.425. The normalized spacial score (nSPS) is 12.2. The van der Waals surface area contributed by atoms with Crippen molar-refractivity contribution in [2.45, 2.75) is 26.2 Å². The highest BCUT2D eigenvalue weighted by molar-refractivity contribution is 5.74. The van der Waals surface area contributed by atoms with Gasteiger partial charge in [-0.1, -0.05) is 20.8 Å². The Morgan fingerprint density at radius 3 is 2.71 bits per heavy atom. The first kappa shape index (κ1) is 8.99. The molecular formula is C10H11NO3. The largest absolute Gasteiger partial charge is 0.441 e. The Labute approximate surface area is 80.6 Å². The van der Waals surface area contributed by atoms with Gasteiger partial charge in [0.15, 0.2) is 0 Å². The van der Waals surface area contributed by atoms with Gasteiger partial charge in [0, 0.05) is 5.41 Å². The van der Waals surface area contributed by atoms with Gasteiger partial charge in [0.05, 0.1) is 17.3 Å². The number of hydrogen-bond donors (Lipinski definition) is 0. The van der Waals surface area contributed by atoms with E-state index >= 15 is 0 Å². The molecule has 2 heterocycles. The van der Waals surface area contributed by atoms with Gasteiger partial charge < -0.3 is 8.83 Å². The smallest absolute Gasteiger partial charge is 0.433 e. The highest BCUT2D eigenvalue weighted by Gasteiger charge is 2.21. The maximum Gasteiger partial charge on any atom is 0.441 e. The molecule has 0 aliphatic rings. The van der Waals surface area contributed by atoms with Crippen molar-refractivity contribution >= 4 is 11.2 Å². The SMILES string of the molecule is CC(C)(C)c1nc(=O)oc2occc12. The summed E-state index contributed by atoms with van der Waals surface area (Å²) >= 11 is 0. The predicted octanol–water partition coefficient (Wildman–Crippen LogP) is 2.08. The molecule has 2 rings (SSSR count). The molecule has 0 radical (unpaired) electrons. The Balaban J connectivity index is 2.87. The fourth-order valence-corrected chi connectivity index (χ4v) is 1.38. The number of furan rings is 1. The molecule has 0 unspecified atom stereocenters. The summed E-state index contributed by atoms with van der Waals surface area (Å²) in [6, 6.07) is 1.76. The van der Waals surface area contributed by atoms with Crippen molar-refractivity contribution in [3.8, 4) is 0 Å². The van der Waals surface area contributed by atoms with Crippen molar-refractivity contribution in [1.82, 2.24) is 4.98 Å². The van der Waals surface area contributed by atoms with Crippen LogP contribution >= 0.6 is 0 Å². The predicted molar refractivity (Wildman–Crippen MR) is 51.2 cm³/mol. The molecule has 0 aromatic carbocycles. The third kappa shape index (κ3) is 1.32. The summed E-state index contributed by atoms with van der Waals surface area (Å²) < 4.78 is 9.83. The van der Waals surface area contributed by atoms with Gasteiger partial charge in [-0.3, -0.25) is 0 Å². The second-order valence-electron chi connectivity index (χ2n) is 4.20. The van der Waals surface area contributed by atoms with Crippen LogP contribution in [-0.4, -0.2) is 4.98 Å². The molecule has 0 atom stereocenters. The molecule has 2 aromatic heterocycles. The number of hydrogen-bond acceptors (Lipinski definition) is 4. The van der Waals surface area contributed by atoms with Crippen molar-refractivity contribution in [1.29, 1.82) is 0 Å². The zero-order chi connectivity index (χ0) is 10.3. The van der Waals surface area contributed by atoms with Crippen LogP contribution in [0.3, 0.4) is 0 Å². The number of fused-ring (bicyclic) bond motifs is 1. The third-order valence-electron chi connectivity index (χ3n) is 1.98. The van der Waals surface area contributed by atoms with Crippen LogP contribution in [0.5, 0.6) is 0 Å². The number of rotatable bonds is 0. The number of nitrogens with zero attached hydrogens (tertiary/aromatic N) is 1. The molecule has 0 spiro atoms. The molecular weight excluding hydrogens is 182 g/mol. The Morgan fingerprint density at radius 2 is 2.07 bits per heavy atom. The standard InChI is InChI=1S/C10H11NO3/c1-10(2,3)7-6-4-5-13-8(6)14-9(12)11-7/h4-5H,1-3H3. The molecule has 0 bridgehead atoms. The van der Waals surface area contributed by atoms with E-state index < -0.39 is 5.76 Å². The van der Waals surface area contributed by atoms with Gasteiger partial charge in [-0.15, -0.1) is 0 Å². The highest BCUT2D eigenvalue weighted by atomic mass is 16.5. The van der Waals surface area contributed by atoms with E-state index in [1.807, 2.05) is 20.8 Å². The topological polar surface area (TPSA) is 56.2 Å². The first-order valence-electron chi connectivity index (χ1n) is 4.37. The highest BCUT2D eigenvalue weighted by Crippen LogP contribution is 2.27. The Morgan fingerprint density at radius 1 is 1.36 bits per heavy atom. The van der Waals surface area contributed by atoms with Crippen LogP contribution in [0, 0.1) is 0 Å². The first-order valence-corrected chi connectivity index (χ1v) is 4.37. The van der Waals surface area contributed by atoms with E-state index in [4.69, 9.17) is 8.83 Å². The lowest BCUT2D eigenvalue weighted by atomic mass is 9.90. The summed E-state index contributed by atoms with van der Waals surface area (Å²) in [6.07, 6.45) is 1.49. The van der Waals surface area contributed by atoms with E-state index in [1.165, 1.54) is 6.26 Å². The van der Waals surface area contributed by atoms with Crippen LogP contribution in [0.15, 0.2) is 26.0 Å². The molecule has 0 amide bonds. The van der Waals surface area contributed by atoms with Gasteiger partial charge in [-0.2, -0.15) is 4.98 Å². The second kappa shape index (κ2) is 2.70. The zero-order valence-electron chi connectivity index (χ0n) is 8.33. The van der Waals surface area contributed by atoms with E-state index in [9.17, 15) is 4.79 Å². The van der Waals surface area contributed by atoms with Crippen molar-refractivity contribution < 1.29 is 8.83 Å². The van der Waals surface area contributed by atoms with Gasteiger partial charge in [0.25, 0.3) is 0 Å². The van der Waals surface area contributed by atoms with E-state index in [1.54, 1.807) is 6.07 Å². The quantitative estimate of drug-likeness (QED) is 0.642. The minimum absolute atomic E-state index is 0.196. The van der Waals surface area contributed by atoms with Crippen LogP contribution in [0.1, 0.15) is 26.5 Å². The summed E-state index contributed by atoms with van der Waals surface area (Å²) in [4.78, 5) is 15.0. The molecule has 4 heteroatoms. The van der Waals surface area contributed by atoms with Gasteiger partial charge >= 0.3 is 11.5 Å². The van der Waals surface area contributed by atoms with Crippen LogP contribution in [0.2, 0.25) is 0 Å². The van der Waals surface area contributed by atoms with E-state index in [-0.39, 0.29) is 11.2 Å². The summed E-state index contributed by atoms with van der Waals surface area (Å²) in [5, 5.41) is 0.761. The van der Waals surface area contributed by atoms with Crippen LogP contribution < -0.4 is 5.76 Å². The molecule has 74 valence electrons. The fraction of sp³-hybridized carbons (Fsp3) is 0.400. The summed E-state index contributed by atoms with van der Waals surface area (Å²) in [6.45, 7) is 5.96. The molecule has 0 fully saturated rings. The molecule has 4 nitrogen and oxygen atoms in total. The monoisotopic (exact) mass is 193 g/mol. The van der Waals surface area contributed by atoms with Crippen molar-refractivity contribution in [3.63, 3.8) is 0 Å². The van der Waals surface area contributed by atoms with Crippen LogP contribution in [0.4, 0.5) is 0 Å². The molecule has 0 N–H and O–H groups in total. The Bertz CT molecular complexity index is 516. The molecule has 2 aromatic rings. The van der Waals surface area contributed by atoms with E-state index in [2.05, 4.69) is 4.98 Å². The fourth-order valence-electron chi connectivity index (χ4n) is 1.38. The second-order valence-corrected chi connectivity index (χ2v) is 4.20. The maximum absolute atomic E-state index is 11.1. The zero-order valence-corrected chi connectivity index (χ0v) is 8.33. The lowest BCUT2D eigenvalue weighted by Gasteiger charge is -2.16. The van der Waals surface area contributed by atoms with Gasteiger partial charge in [0.2, 0.25) is 0 Å².